The van der Waals surface area contributed by atoms with Crippen LogP contribution in [-0.4, -0.2) is 16.2 Å². The maximum absolute atomic E-state index is 11.7. The van der Waals surface area contributed by atoms with Crippen molar-refractivity contribution in [3.8, 4) is 5.75 Å². The molecule has 2 aromatic rings. The van der Waals surface area contributed by atoms with Crippen molar-refractivity contribution in [3.05, 3.63) is 41.3 Å². The van der Waals surface area contributed by atoms with Gasteiger partial charge in [0.05, 0.1) is 0 Å². The largest absolute Gasteiger partial charge is 0.508 e. The number of rotatable bonds is 3. The van der Waals surface area contributed by atoms with E-state index in [1.807, 2.05) is 0 Å². The van der Waals surface area contributed by atoms with Gasteiger partial charge in [-0.25, -0.2) is 0 Å². The molecular weight excluding hydrogens is 234 g/mol. The SMILES string of the molecule is Cc1cc(C(=O)NCc2cc(N)ccc2O)no1. The van der Waals surface area contributed by atoms with Crippen LogP contribution in [0.3, 0.4) is 0 Å². The predicted molar refractivity (Wildman–Crippen MR) is 64.9 cm³/mol. The van der Waals surface area contributed by atoms with Gasteiger partial charge in [0.2, 0.25) is 0 Å². The number of carbonyl (C=O) groups excluding carboxylic acids is 1. The summed E-state index contributed by atoms with van der Waals surface area (Å²) >= 11 is 0. The van der Waals surface area contributed by atoms with E-state index >= 15 is 0 Å². The Hall–Kier alpha value is -2.50. The zero-order valence-corrected chi connectivity index (χ0v) is 9.80. The van der Waals surface area contributed by atoms with Crippen molar-refractivity contribution in [2.45, 2.75) is 13.5 Å². The van der Waals surface area contributed by atoms with Crippen LogP contribution in [0.1, 0.15) is 21.8 Å². The number of nitrogens with two attached hydrogens (primary N) is 1. The number of aromatic nitrogens is 1. The number of aromatic hydroxyl groups is 1. The molecule has 1 heterocycles. The van der Waals surface area contributed by atoms with Crippen molar-refractivity contribution in [2.75, 3.05) is 5.73 Å². The summed E-state index contributed by atoms with van der Waals surface area (Å²) in [4.78, 5) is 11.7. The Morgan fingerprint density at radius 2 is 2.28 bits per heavy atom. The van der Waals surface area contributed by atoms with E-state index in [4.69, 9.17) is 10.3 Å². The third-order valence-electron chi connectivity index (χ3n) is 2.40. The van der Waals surface area contributed by atoms with E-state index in [0.29, 0.717) is 17.0 Å². The highest BCUT2D eigenvalue weighted by Crippen LogP contribution is 2.19. The first kappa shape index (κ1) is 12.0. The average molecular weight is 247 g/mol. The van der Waals surface area contributed by atoms with Crippen LogP contribution in [-0.2, 0) is 6.54 Å². The number of aryl methyl sites for hydroxylation is 1. The summed E-state index contributed by atoms with van der Waals surface area (Å²) in [5, 5.41) is 15.8. The van der Waals surface area contributed by atoms with Crippen molar-refractivity contribution >= 4 is 11.6 Å². The minimum atomic E-state index is -0.367. The number of nitrogens with zero attached hydrogens (tertiary/aromatic N) is 1. The molecule has 1 amide bonds. The number of benzene rings is 1. The highest BCUT2D eigenvalue weighted by atomic mass is 16.5. The van der Waals surface area contributed by atoms with Crippen LogP contribution in [0, 0.1) is 6.92 Å². The summed E-state index contributed by atoms with van der Waals surface area (Å²) in [5.74, 6) is 0.279. The fraction of sp³-hybridized carbons (Fsp3) is 0.167. The number of hydrogen-bond donors (Lipinski definition) is 3. The van der Waals surface area contributed by atoms with Crippen LogP contribution < -0.4 is 11.1 Å². The van der Waals surface area contributed by atoms with Gasteiger partial charge in [0.1, 0.15) is 11.5 Å². The van der Waals surface area contributed by atoms with Gasteiger partial charge in [0.25, 0.3) is 5.91 Å². The van der Waals surface area contributed by atoms with Crippen molar-refractivity contribution < 1.29 is 14.4 Å². The van der Waals surface area contributed by atoms with Crippen molar-refractivity contribution in [1.82, 2.24) is 10.5 Å². The summed E-state index contributed by atoms with van der Waals surface area (Å²) in [7, 11) is 0. The Balaban J connectivity index is 2.03. The van der Waals surface area contributed by atoms with Gasteiger partial charge >= 0.3 is 0 Å². The Bertz CT molecular complexity index is 578. The third kappa shape index (κ3) is 2.60. The summed E-state index contributed by atoms with van der Waals surface area (Å²) in [6.07, 6.45) is 0. The smallest absolute Gasteiger partial charge is 0.273 e. The van der Waals surface area contributed by atoms with Gasteiger partial charge in [-0.15, -0.1) is 0 Å². The van der Waals surface area contributed by atoms with Gasteiger partial charge in [-0.05, 0) is 25.1 Å². The molecule has 0 spiro atoms. The number of phenolic OH excluding ortho intramolecular Hbond substituents is 1. The maximum Gasteiger partial charge on any atom is 0.273 e. The van der Waals surface area contributed by atoms with Crippen molar-refractivity contribution in [3.63, 3.8) is 0 Å². The van der Waals surface area contributed by atoms with E-state index in [2.05, 4.69) is 10.5 Å². The molecule has 0 saturated carbocycles. The number of nitrogens with one attached hydrogen (secondary N) is 1. The van der Waals surface area contributed by atoms with Crippen molar-refractivity contribution in [1.29, 1.82) is 0 Å². The quantitative estimate of drug-likeness (QED) is 0.558. The molecule has 4 N–H and O–H groups in total. The highest BCUT2D eigenvalue weighted by molar-refractivity contribution is 5.92. The lowest BCUT2D eigenvalue weighted by atomic mass is 10.2. The lowest BCUT2D eigenvalue weighted by Crippen LogP contribution is -2.23. The van der Waals surface area contributed by atoms with Crippen LogP contribution in [0.15, 0.2) is 28.8 Å². The standard InChI is InChI=1S/C12H13N3O3/c1-7-4-10(15-18-7)12(17)14-6-8-5-9(13)2-3-11(8)16/h2-5,16H,6,13H2,1H3,(H,14,17). The molecule has 94 valence electrons. The second-order valence-corrected chi connectivity index (χ2v) is 3.89. The maximum atomic E-state index is 11.7. The first-order valence-electron chi connectivity index (χ1n) is 5.35. The zero-order valence-electron chi connectivity index (χ0n) is 9.80. The molecule has 0 bridgehead atoms. The van der Waals surface area contributed by atoms with Crippen molar-refractivity contribution in [2.24, 2.45) is 0 Å². The van der Waals surface area contributed by atoms with Gasteiger partial charge in [0.15, 0.2) is 5.69 Å². The minimum absolute atomic E-state index is 0.0841. The Morgan fingerprint density at radius 3 is 2.94 bits per heavy atom. The number of hydrogen-bond acceptors (Lipinski definition) is 5. The van der Waals surface area contributed by atoms with Crippen LogP contribution in [0.25, 0.3) is 0 Å². The molecule has 0 atom stereocenters. The summed E-state index contributed by atoms with van der Waals surface area (Å²) in [5.41, 5.74) is 6.87. The first-order chi connectivity index (χ1) is 8.56. The molecule has 0 saturated heterocycles. The van der Waals surface area contributed by atoms with Gasteiger partial charge in [-0.2, -0.15) is 0 Å². The number of anilines is 1. The van der Waals surface area contributed by atoms with Crippen LogP contribution in [0.2, 0.25) is 0 Å². The fourth-order valence-corrected chi connectivity index (χ4v) is 1.49. The number of carbonyl (C=O) groups is 1. The van der Waals surface area contributed by atoms with Gasteiger partial charge < -0.3 is 20.7 Å². The molecule has 6 nitrogen and oxygen atoms in total. The molecule has 18 heavy (non-hydrogen) atoms. The van der Waals surface area contributed by atoms with E-state index in [9.17, 15) is 9.90 Å². The first-order valence-corrected chi connectivity index (χ1v) is 5.35. The van der Waals surface area contributed by atoms with Crippen LogP contribution in [0.5, 0.6) is 5.75 Å². The molecule has 0 aliphatic heterocycles. The fourth-order valence-electron chi connectivity index (χ4n) is 1.49. The monoisotopic (exact) mass is 247 g/mol. The minimum Gasteiger partial charge on any atom is -0.508 e. The predicted octanol–water partition coefficient (Wildman–Crippen LogP) is 1.20. The van der Waals surface area contributed by atoms with Crippen LogP contribution >= 0.6 is 0 Å². The Kier molecular flexibility index (Phi) is 3.18. The average Bonchev–Trinajstić information content (AvgIpc) is 2.77. The molecule has 0 aliphatic carbocycles. The summed E-state index contributed by atoms with van der Waals surface area (Å²) < 4.78 is 4.80. The molecule has 0 fully saturated rings. The molecule has 1 aromatic carbocycles. The second-order valence-electron chi connectivity index (χ2n) is 3.89. The zero-order chi connectivity index (χ0) is 13.1. The molecule has 0 radical (unpaired) electrons. The van der Waals surface area contributed by atoms with Gasteiger partial charge in [0, 0.05) is 23.9 Å². The summed E-state index contributed by atoms with van der Waals surface area (Å²) in [6, 6.07) is 6.21. The van der Waals surface area contributed by atoms with E-state index in [0.717, 1.165) is 0 Å². The summed E-state index contributed by atoms with van der Waals surface area (Å²) in [6.45, 7) is 1.87. The molecule has 1 aromatic heterocycles. The number of amides is 1. The molecule has 6 heteroatoms. The van der Waals surface area contributed by atoms with E-state index in [1.165, 1.54) is 12.1 Å². The second kappa shape index (κ2) is 4.79. The lowest BCUT2D eigenvalue weighted by Gasteiger charge is -2.06. The van der Waals surface area contributed by atoms with E-state index in [-0.39, 0.29) is 23.9 Å². The van der Waals surface area contributed by atoms with Gasteiger partial charge in [-0.1, -0.05) is 5.16 Å². The van der Waals surface area contributed by atoms with Gasteiger partial charge in [-0.3, -0.25) is 4.79 Å². The van der Waals surface area contributed by atoms with E-state index < -0.39 is 0 Å². The topological polar surface area (TPSA) is 101 Å². The van der Waals surface area contributed by atoms with E-state index in [1.54, 1.807) is 19.1 Å². The molecular formula is C12H13N3O3. The molecule has 2 rings (SSSR count). The normalized spacial score (nSPS) is 10.3. The number of nitrogen functional groups attached to an aromatic ring is 1. The molecule has 0 aliphatic rings. The third-order valence-corrected chi connectivity index (χ3v) is 2.40. The lowest BCUT2D eigenvalue weighted by molar-refractivity contribution is 0.0941. The van der Waals surface area contributed by atoms with Crippen LogP contribution in [0.4, 0.5) is 5.69 Å². The Labute approximate surface area is 103 Å². The highest BCUT2D eigenvalue weighted by Gasteiger charge is 2.11. The number of phenols is 1. The Morgan fingerprint density at radius 1 is 1.50 bits per heavy atom. The molecule has 0 unspecified atom stereocenters.